The summed E-state index contributed by atoms with van der Waals surface area (Å²) in [7, 11) is 1.63. The molecule has 2 aliphatic rings. The van der Waals surface area contributed by atoms with Gasteiger partial charge in [0.05, 0.1) is 35.3 Å². The van der Waals surface area contributed by atoms with Crippen LogP contribution < -0.4 is 21.3 Å². The number of aliphatic hydroxyl groups excluding tert-OH is 1. The van der Waals surface area contributed by atoms with Gasteiger partial charge < -0.3 is 19.9 Å². The fourth-order valence-corrected chi connectivity index (χ4v) is 6.60. The number of nitrogens with zero attached hydrogens (tertiary/aromatic N) is 6. The van der Waals surface area contributed by atoms with Crippen LogP contribution in [-0.4, -0.2) is 61.8 Å². The van der Waals surface area contributed by atoms with Crippen LogP contribution in [0.15, 0.2) is 76.7 Å². The van der Waals surface area contributed by atoms with Crippen LogP contribution in [0, 0.1) is 5.82 Å². The zero-order chi connectivity index (χ0) is 33.4. The smallest absolute Gasteiger partial charge is 0.293 e. The second-order valence-electron chi connectivity index (χ2n) is 12.8. The largest absolute Gasteiger partial charge is 0.392 e. The molecular weight excluding hydrogens is 609 g/mol. The molecule has 0 unspecified atom stereocenters. The highest BCUT2D eigenvalue weighted by Gasteiger charge is 2.25. The molecule has 0 bridgehead atoms. The Morgan fingerprint density at radius 3 is 2.54 bits per heavy atom. The summed E-state index contributed by atoms with van der Waals surface area (Å²) in [6, 6.07) is 14.2. The first kappa shape index (κ1) is 31.7. The lowest BCUT2D eigenvalue weighted by atomic mass is 10.0. The summed E-state index contributed by atoms with van der Waals surface area (Å²) in [5, 5.41) is 14.2. The number of benzene rings is 2. The molecule has 5 aromatic rings. The third-order valence-corrected chi connectivity index (χ3v) is 9.50. The van der Waals surface area contributed by atoms with Gasteiger partial charge in [-0.15, -0.1) is 0 Å². The molecule has 2 N–H and O–H groups in total. The van der Waals surface area contributed by atoms with Gasteiger partial charge in [-0.05, 0) is 73.0 Å². The molecular formula is C37H40FN7O3. The Bertz CT molecular complexity index is 2080. The number of aromatic nitrogens is 4. The molecule has 10 nitrogen and oxygen atoms in total. The van der Waals surface area contributed by atoms with Crippen molar-refractivity contribution >= 4 is 28.1 Å². The molecule has 4 heterocycles. The zero-order valence-electron chi connectivity index (χ0n) is 27.3. The molecule has 1 aliphatic heterocycles. The molecule has 48 heavy (non-hydrogen) atoms. The number of halogens is 1. The Hall–Kier alpha value is -4.87. The number of aliphatic hydroxyl groups is 1. The van der Waals surface area contributed by atoms with Gasteiger partial charge in [-0.25, -0.2) is 14.4 Å². The van der Waals surface area contributed by atoms with E-state index in [1.54, 1.807) is 43.7 Å². The van der Waals surface area contributed by atoms with Gasteiger partial charge in [0.25, 0.3) is 11.1 Å². The standard InChI is InChI=1S/C37H40FN7O3/c1-3-4-13-43-15-17-44(18-16-43)27-10-11-33(39-21-27)41-35-37(48)42(2)22-31(40-35)28-6-5-7-32(29(28)23-46)45-14-12-25-19-26(24-8-9-24)20-30(38)34(25)36(45)47/h5-7,10-12,14,19-22,24,46H,3-4,8-9,13,15-18,23H2,1-2H3,(H,39,40,41). The molecule has 0 radical (unpaired) electrons. The predicted octanol–water partition coefficient (Wildman–Crippen LogP) is 5.32. The van der Waals surface area contributed by atoms with Crippen molar-refractivity contribution in [3.63, 3.8) is 0 Å². The van der Waals surface area contributed by atoms with Crippen molar-refractivity contribution in [3.8, 4) is 16.9 Å². The van der Waals surface area contributed by atoms with Crippen LogP contribution in [0.4, 0.5) is 21.7 Å². The van der Waals surface area contributed by atoms with Gasteiger partial charge in [-0.2, -0.15) is 0 Å². The van der Waals surface area contributed by atoms with Crippen molar-refractivity contribution in [2.75, 3.05) is 42.9 Å². The first-order chi connectivity index (χ1) is 23.3. The number of aryl methyl sites for hydroxylation is 1. The van der Waals surface area contributed by atoms with Crippen LogP contribution in [0.5, 0.6) is 0 Å². The van der Waals surface area contributed by atoms with Crippen LogP contribution in [0.2, 0.25) is 0 Å². The third-order valence-electron chi connectivity index (χ3n) is 9.50. The van der Waals surface area contributed by atoms with Crippen molar-refractivity contribution in [1.82, 2.24) is 24.0 Å². The number of pyridine rings is 2. The lowest BCUT2D eigenvalue weighted by Crippen LogP contribution is -2.46. The highest BCUT2D eigenvalue weighted by atomic mass is 19.1. The van der Waals surface area contributed by atoms with E-state index in [9.17, 15) is 14.7 Å². The minimum atomic E-state index is -0.544. The Morgan fingerprint density at radius 1 is 1.02 bits per heavy atom. The molecule has 2 aromatic carbocycles. The van der Waals surface area contributed by atoms with Crippen molar-refractivity contribution in [1.29, 1.82) is 0 Å². The van der Waals surface area contributed by atoms with E-state index in [1.165, 1.54) is 28.0 Å². The molecule has 0 amide bonds. The van der Waals surface area contributed by atoms with E-state index in [-0.39, 0.29) is 16.8 Å². The summed E-state index contributed by atoms with van der Waals surface area (Å²) in [6.45, 7) is 6.87. The second kappa shape index (κ2) is 13.3. The average Bonchev–Trinajstić information content (AvgIpc) is 3.95. The number of hydrogen-bond donors (Lipinski definition) is 2. The molecule has 1 aliphatic carbocycles. The summed E-state index contributed by atoms with van der Waals surface area (Å²) < 4.78 is 18.0. The van der Waals surface area contributed by atoms with Crippen molar-refractivity contribution in [3.05, 3.63) is 105 Å². The minimum Gasteiger partial charge on any atom is -0.392 e. The van der Waals surface area contributed by atoms with Crippen LogP contribution in [0.25, 0.3) is 27.7 Å². The quantitative estimate of drug-likeness (QED) is 0.209. The Morgan fingerprint density at radius 2 is 1.83 bits per heavy atom. The highest BCUT2D eigenvalue weighted by Crippen LogP contribution is 2.41. The zero-order valence-corrected chi connectivity index (χ0v) is 27.3. The van der Waals surface area contributed by atoms with Crippen LogP contribution in [0.1, 0.15) is 49.7 Å². The molecule has 1 saturated carbocycles. The Labute approximate surface area is 278 Å². The number of rotatable bonds is 10. The van der Waals surface area contributed by atoms with Crippen LogP contribution in [-0.2, 0) is 13.7 Å². The van der Waals surface area contributed by atoms with E-state index in [0.29, 0.717) is 39.6 Å². The summed E-state index contributed by atoms with van der Waals surface area (Å²) in [5.41, 5.74) is 2.86. The third kappa shape index (κ3) is 6.23. The van der Waals surface area contributed by atoms with Gasteiger partial charge in [0.2, 0.25) is 0 Å². The predicted molar refractivity (Wildman–Crippen MR) is 187 cm³/mol. The molecule has 0 spiro atoms. The van der Waals surface area contributed by atoms with E-state index in [4.69, 9.17) is 0 Å². The van der Waals surface area contributed by atoms with Gasteiger partial charge in [0, 0.05) is 56.7 Å². The first-order valence-electron chi connectivity index (χ1n) is 16.7. The maximum atomic E-state index is 15.3. The number of unbranched alkanes of at least 4 members (excludes halogenated alkanes) is 1. The summed E-state index contributed by atoms with van der Waals surface area (Å²) >= 11 is 0. The number of nitrogens with one attached hydrogen (secondary N) is 1. The minimum absolute atomic E-state index is 0.00987. The van der Waals surface area contributed by atoms with Gasteiger partial charge in [0.1, 0.15) is 11.6 Å². The monoisotopic (exact) mass is 649 g/mol. The molecule has 248 valence electrons. The highest BCUT2D eigenvalue weighted by molar-refractivity contribution is 5.83. The van der Waals surface area contributed by atoms with Crippen LogP contribution in [0.3, 0.4) is 0 Å². The lowest BCUT2D eigenvalue weighted by Gasteiger charge is -2.35. The maximum absolute atomic E-state index is 15.3. The molecule has 11 heteroatoms. The number of piperazine rings is 1. The van der Waals surface area contributed by atoms with Crippen LogP contribution >= 0.6 is 0 Å². The van der Waals surface area contributed by atoms with Crippen molar-refractivity contribution < 1.29 is 9.50 Å². The molecule has 2 fully saturated rings. The summed E-state index contributed by atoms with van der Waals surface area (Å²) in [4.78, 5) is 40.9. The summed E-state index contributed by atoms with van der Waals surface area (Å²) in [5.74, 6) is 0.366. The maximum Gasteiger partial charge on any atom is 0.293 e. The fourth-order valence-electron chi connectivity index (χ4n) is 6.60. The van der Waals surface area contributed by atoms with E-state index >= 15 is 4.39 Å². The number of anilines is 3. The molecule has 0 atom stereocenters. The van der Waals surface area contributed by atoms with Gasteiger partial charge in [0.15, 0.2) is 5.82 Å². The van der Waals surface area contributed by atoms with Crippen molar-refractivity contribution in [2.45, 2.75) is 45.1 Å². The molecule has 3 aromatic heterocycles. The Balaban J connectivity index is 1.17. The van der Waals surface area contributed by atoms with Crippen molar-refractivity contribution in [2.24, 2.45) is 7.05 Å². The fraction of sp³-hybridized carbons (Fsp3) is 0.351. The molecule has 7 rings (SSSR count). The second-order valence-corrected chi connectivity index (χ2v) is 12.8. The molecule has 1 saturated heterocycles. The number of hydrogen-bond acceptors (Lipinski definition) is 8. The van der Waals surface area contributed by atoms with E-state index in [0.717, 1.165) is 56.8 Å². The van der Waals surface area contributed by atoms with E-state index < -0.39 is 18.0 Å². The van der Waals surface area contributed by atoms with E-state index in [2.05, 4.69) is 32.0 Å². The lowest BCUT2D eigenvalue weighted by molar-refractivity contribution is 0.254. The SMILES string of the molecule is CCCCN1CCN(c2ccc(Nc3nc(-c4cccc(-n5ccc6cc(C7CC7)cc(F)c6c5=O)c4CO)cn(C)c3=O)nc2)CC1. The van der Waals surface area contributed by atoms with Gasteiger partial charge in [-0.1, -0.05) is 31.5 Å². The van der Waals surface area contributed by atoms with Gasteiger partial charge in [-0.3, -0.25) is 19.1 Å². The number of fused-ring (bicyclic) bond motifs is 1. The normalized spacial score (nSPS) is 15.3. The summed E-state index contributed by atoms with van der Waals surface area (Å²) in [6.07, 6.45) is 9.49. The average molecular weight is 650 g/mol. The topological polar surface area (TPSA) is 109 Å². The van der Waals surface area contributed by atoms with Gasteiger partial charge >= 0.3 is 0 Å². The Kier molecular flexibility index (Phi) is 8.81. The first-order valence-corrected chi connectivity index (χ1v) is 16.7. The van der Waals surface area contributed by atoms with E-state index in [1.807, 2.05) is 24.4 Å².